The summed E-state index contributed by atoms with van der Waals surface area (Å²) in [4.78, 5) is 25.4. The second-order valence-electron chi connectivity index (χ2n) is 6.70. The maximum atomic E-state index is 12.8. The first-order valence-corrected chi connectivity index (χ1v) is 8.73. The number of nitrogens with zero attached hydrogens (tertiary/aromatic N) is 5. The van der Waals surface area contributed by atoms with Gasteiger partial charge in [0.2, 0.25) is 0 Å². The largest absolute Gasteiger partial charge is 0.375 e. The van der Waals surface area contributed by atoms with E-state index < -0.39 is 0 Å². The Hall–Kier alpha value is -2.25. The molecule has 7 nitrogen and oxygen atoms in total. The lowest BCUT2D eigenvalue weighted by Crippen LogP contribution is -2.60. The molecule has 25 heavy (non-hydrogen) atoms. The smallest absolute Gasteiger partial charge is 0.289 e. The van der Waals surface area contributed by atoms with Crippen molar-refractivity contribution in [2.45, 2.75) is 25.1 Å². The van der Waals surface area contributed by atoms with Crippen LogP contribution in [-0.4, -0.2) is 68.6 Å². The van der Waals surface area contributed by atoms with Crippen molar-refractivity contribution in [1.82, 2.24) is 24.3 Å². The summed E-state index contributed by atoms with van der Waals surface area (Å²) in [7, 11) is 1.85. The van der Waals surface area contributed by atoms with Gasteiger partial charge in [0.15, 0.2) is 5.82 Å². The minimum absolute atomic E-state index is 0.000356. The number of pyridine rings is 1. The van der Waals surface area contributed by atoms with Crippen LogP contribution in [0.5, 0.6) is 0 Å². The molecule has 0 aromatic carbocycles. The van der Waals surface area contributed by atoms with Crippen LogP contribution in [0.25, 0.3) is 0 Å². The monoisotopic (exact) mass is 341 g/mol. The summed E-state index contributed by atoms with van der Waals surface area (Å²) in [6.07, 6.45) is 8.18. The highest BCUT2D eigenvalue weighted by molar-refractivity contribution is 5.90. The SMILES string of the molecule is Cn1ccnc1C(=O)N1CC[C@H]2OCCN(Cc3ccncc3)[C@@H]2C1. The van der Waals surface area contributed by atoms with Crippen molar-refractivity contribution in [3.63, 3.8) is 0 Å². The molecule has 0 N–H and O–H groups in total. The molecule has 2 atom stereocenters. The number of piperidine rings is 1. The fourth-order valence-corrected chi connectivity index (χ4v) is 3.76. The number of carbonyl (C=O) groups excluding carboxylic acids is 1. The average Bonchev–Trinajstić information content (AvgIpc) is 3.08. The van der Waals surface area contributed by atoms with E-state index in [0.29, 0.717) is 12.4 Å². The van der Waals surface area contributed by atoms with Crippen molar-refractivity contribution in [1.29, 1.82) is 0 Å². The molecule has 2 aliphatic heterocycles. The molecule has 1 amide bonds. The number of carbonyl (C=O) groups is 1. The van der Waals surface area contributed by atoms with E-state index in [-0.39, 0.29) is 18.1 Å². The molecule has 4 rings (SSSR count). The quantitative estimate of drug-likeness (QED) is 0.831. The molecule has 0 bridgehead atoms. The number of fused-ring (bicyclic) bond motifs is 1. The summed E-state index contributed by atoms with van der Waals surface area (Å²) >= 11 is 0. The van der Waals surface area contributed by atoms with Gasteiger partial charge in [0.05, 0.1) is 18.8 Å². The van der Waals surface area contributed by atoms with E-state index >= 15 is 0 Å². The third-order valence-electron chi connectivity index (χ3n) is 5.13. The molecule has 0 aliphatic carbocycles. The minimum atomic E-state index is 0.000356. The van der Waals surface area contributed by atoms with Crippen molar-refractivity contribution in [2.75, 3.05) is 26.2 Å². The number of amides is 1. The van der Waals surface area contributed by atoms with Crippen LogP contribution in [0.4, 0.5) is 0 Å². The number of hydrogen-bond acceptors (Lipinski definition) is 5. The van der Waals surface area contributed by atoms with E-state index in [4.69, 9.17) is 4.74 Å². The van der Waals surface area contributed by atoms with Crippen LogP contribution in [0, 0.1) is 0 Å². The van der Waals surface area contributed by atoms with E-state index in [9.17, 15) is 4.79 Å². The summed E-state index contributed by atoms with van der Waals surface area (Å²) in [6, 6.07) is 4.31. The molecule has 7 heteroatoms. The van der Waals surface area contributed by atoms with Crippen molar-refractivity contribution >= 4 is 5.91 Å². The average molecular weight is 341 g/mol. The first-order valence-electron chi connectivity index (χ1n) is 8.73. The van der Waals surface area contributed by atoms with E-state index in [1.54, 1.807) is 17.0 Å². The third-order valence-corrected chi connectivity index (χ3v) is 5.13. The maximum absolute atomic E-state index is 12.8. The van der Waals surface area contributed by atoms with E-state index in [1.807, 2.05) is 36.5 Å². The Labute approximate surface area is 147 Å². The van der Waals surface area contributed by atoms with Crippen LogP contribution in [0.15, 0.2) is 36.9 Å². The Morgan fingerprint density at radius 3 is 2.88 bits per heavy atom. The van der Waals surface area contributed by atoms with Crippen LogP contribution in [0.2, 0.25) is 0 Å². The molecule has 0 saturated carbocycles. The molecule has 132 valence electrons. The topological polar surface area (TPSA) is 63.5 Å². The van der Waals surface area contributed by atoms with Gasteiger partial charge in [0, 0.05) is 58.0 Å². The van der Waals surface area contributed by atoms with Gasteiger partial charge in [-0.1, -0.05) is 0 Å². The number of morpholine rings is 1. The zero-order chi connectivity index (χ0) is 17.2. The number of hydrogen-bond donors (Lipinski definition) is 0. The Balaban J connectivity index is 1.49. The number of ether oxygens (including phenoxy) is 1. The number of likely N-dealkylation sites (tertiary alicyclic amines) is 1. The lowest BCUT2D eigenvalue weighted by atomic mass is 9.98. The molecule has 2 aromatic heterocycles. The molecule has 2 aromatic rings. The van der Waals surface area contributed by atoms with Crippen LogP contribution >= 0.6 is 0 Å². The molecule has 0 radical (unpaired) electrons. The zero-order valence-corrected chi connectivity index (χ0v) is 14.4. The van der Waals surface area contributed by atoms with Crippen molar-refractivity contribution < 1.29 is 9.53 Å². The Bertz CT molecular complexity index is 732. The van der Waals surface area contributed by atoms with Crippen molar-refractivity contribution in [3.05, 3.63) is 48.3 Å². The molecule has 2 fully saturated rings. The Morgan fingerprint density at radius 2 is 2.12 bits per heavy atom. The summed E-state index contributed by atoms with van der Waals surface area (Å²) in [6.45, 7) is 3.89. The van der Waals surface area contributed by atoms with Crippen LogP contribution in [-0.2, 0) is 18.3 Å². The molecule has 0 unspecified atom stereocenters. The summed E-state index contributed by atoms with van der Waals surface area (Å²) < 4.78 is 7.76. The molecular formula is C18H23N5O2. The lowest BCUT2D eigenvalue weighted by molar-refractivity contribution is -0.101. The highest BCUT2D eigenvalue weighted by atomic mass is 16.5. The second-order valence-corrected chi connectivity index (χ2v) is 6.70. The minimum Gasteiger partial charge on any atom is -0.375 e. The van der Waals surface area contributed by atoms with Gasteiger partial charge in [-0.05, 0) is 24.1 Å². The van der Waals surface area contributed by atoms with Gasteiger partial charge in [-0.2, -0.15) is 0 Å². The Morgan fingerprint density at radius 1 is 1.28 bits per heavy atom. The van der Waals surface area contributed by atoms with Crippen LogP contribution in [0.3, 0.4) is 0 Å². The highest BCUT2D eigenvalue weighted by Gasteiger charge is 2.39. The first kappa shape index (κ1) is 16.2. The number of rotatable bonds is 3. The maximum Gasteiger partial charge on any atom is 0.289 e. The fourth-order valence-electron chi connectivity index (χ4n) is 3.76. The van der Waals surface area contributed by atoms with Crippen molar-refractivity contribution in [3.8, 4) is 0 Å². The van der Waals surface area contributed by atoms with Gasteiger partial charge >= 0.3 is 0 Å². The van der Waals surface area contributed by atoms with E-state index in [2.05, 4.69) is 14.9 Å². The second kappa shape index (κ2) is 6.93. The van der Waals surface area contributed by atoms with E-state index in [0.717, 1.165) is 32.7 Å². The number of aromatic nitrogens is 3. The summed E-state index contributed by atoms with van der Waals surface area (Å²) in [5, 5.41) is 0. The van der Waals surface area contributed by atoms with Gasteiger partial charge in [-0.25, -0.2) is 4.98 Å². The summed E-state index contributed by atoms with van der Waals surface area (Å²) in [5.74, 6) is 0.497. The molecular weight excluding hydrogens is 318 g/mol. The van der Waals surface area contributed by atoms with Gasteiger partial charge in [-0.3, -0.25) is 14.7 Å². The molecule has 0 spiro atoms. The Kier molecular flexibility index (Phi) is 4.50. The normalized spacial score (nSPS) is 24.1. The number of aryl methyl sites for hydroxylation is 1. The zero-order valence-electron chi connectivity index (χ0n) is 14.4. The predicted octanol–water partition coefficient (Wildman–Crippen LogP) is 0.931. The lowest BCUT2D eigenvalue weighted by Gasteiger charge is -2.47. The molecule has 4 heterocycles. The molecule has 2 saturated heterocycles. The summed E-state index contributed by atoms with van der Waals surface area (Å²) in [5.41, 5.74) is 1.24. The standard InChI is InChI=1S/C18H23N5O2/c1-21-9-7-20-17(21)18(24)23-8-4-16-15(13-23)22(10-11-25-16)12-14-2-5-19-6-3-14/h2-3,5-7,9,15-16H,4,8,10-13H2,1H3/t15-,16-/m1/s1. The van der Waals surface area contributed by atoms with Crippen LogP contribution in [0.1, 0.15) is 22.6 Å². The van der Waals surface area contributed by atoms with Gasteiger partial charge in [0.25, 0.3) is 5.91 Å². The van der Waals surface area contributed by atoms with E-state index in [1.165, 1.54) is 5.56 Å². The predicted molar refractivity (Wildman–Crippen MR) is 91.9 cm³/mol. The fraction of sp³-hybridized carbons (Fsp3) is 0.500. The van der Waals surface area contributed by atoms with Crippen LogP contribution < -0.4 is 0 Å². The highest BCUT2D eigenvalue weighted by Crippen LogP contribution is 2.25. The van der Waals surface area contributed by atoms with Crippen molar-refractivity contribution in [2.24, 2.45) is 7.05 Å². The molecule has 2 aliphatic rings. The third kappa shape index (κ3) is 3.29. The van der Waals surface area contributed by atoms with Gasteiger partial charge < -0.3 is 14.2 Å². The van der Waals surface area contributed by atoms with Gasteiger partial charge in [0.1, 0.15) is 0 Å². The first-order chi connectivity index (χ1) is 12.2. The van der Waals surface area contributed by atoms with Gasteiger partial charge in [-0.15, -0.1) is 0 Å². The number of imidazole rings is 1.